The number of nitrogens with one attached hydrogen (secondary N) is 1. The summed E-state index contributed by atoms with van der Waals surface area (Å²) in [4.78, 5) is 21.9. The number of benzene rings is 1. The van der Waals surface area contributed by atoms with Gasteiger partial charge in [0.25, 0.3) is 5.91 Å². The van der Waals surface area contributed by atoms with E-state index in [0.29, 0.717) is 18.0 Å². The Hall–Kier alpha value is -3.05. The van der Waals surface area contributed by atoms with Crippen LogP contribution >= 0.6 is 0 Å². The van der Waals surface area contributed by atoms with Gasteiger partial charge in [-0.2, -0.15) is 0 Å². The lowest BCUT2D eigenvalue weighted by atomic mass is 9.97. The van der Waals surface area contributed by atoms with Crippen LogP contribution in [-0.2, 0) is 6.54 Å². The molecule has 3 aromatic rings. The van der Waals surface area contributed by atoms with Crippen molar-refractivity contribution < 1.29 is 4.79 Å². The molecule has 0 saturated heterocycles. The molecule has 148 valence electrons. The highest BCUT2D eigenvalue weighted by Crippen LogP contribution is 2.40. The summed E-state index contributed by atoms with van der Waals surface area (Å²) >= 11 is 0. The maximum atomic E-state index is 13.2. The van der Waals surface area contributed by atoms with E-state index in [1.807, 2.05) is 56.6 Å². The summed E-state index contributed by atoms with van der Waals surface area (Å²) < 4.78 is 0. The van der Waals surface area contributed by atoms with E-state index in [-0.39, 0.29) is 11.9 Å². The third-order valence-electron chi connectivity index (χ3n) is 5.48. The number of carbonyl (C=O) groups is 1. The summed E-state index contributed by atoms with van der Waals surface area (Å²) in [5.74, 6) is 0.356. The quantitative estimate of drug-likeness (QED) is 0.668. The van der Waals surface area contributed by atoms with Gasteiger partial charge in [0.05, 0.1) is 11.7 Å². The molecular formula is C24H26N4O. The zero-order valence-electron chi connectivity index (χ0n) is 16.9. The predicted molar refractivity (Wildman–Crippen MR) is 114 cm³/mol. The molecule has 4 rings (SSSR count). The van der Waals surface area contributed by atoms with Gasteiger partial charge in [0.2, 0.25) is 0 Å². The summed E-state index contributed by atoms with van der Waals surface area (Å²) in [6.45, 7) is 4.46. The van der Waals surface area contributed by atoms with Crippen LogP contribution in [0.2, 0.25) is 0 Å². The minimum Gasteiger partial charge on any atom is -0.343 e. The van der Waals surface area contributed by atoms with E-state index in [4.69, 9.17) is 5.73 Å². The Kier molecular flexibility index (Phi) is 5.41. The van der Waals surface area contributed by atoms with Crippen LogP contribution < -0.4 is 11.1 Å². The van der Waals surface area contributed by atoms with E-state index in [2.05, 4.69) is 21.4 Å². The third-order valence-corrected chi connectivity index (χ3v) is 5.48. The Labute approximate surface area is 171 Å². The second-order valence-corrected chi connectivity index (χ2v) is 7.86. The molecule has 5 nitrogen and oxygen atoms in total. The number of nitrogens with two attached hydrogens (primary N) is 1. The molecule has 0 spiro atoms. The Morgan fingerprint density at radius 3 is 2.69 bits per heavy atom. The number of hydrogen-bond donors (Lipinski definition) is 2. The lowest BCUT2D eigenvalue weighted by molar-refractivity contribution is 0.0930. The van der Waals surface area contributed by atoms with Crippen molar-refractivity contribution in [1.82, 2.24) is 15.3 Å². The summed E-state index contributed by atoms with van der Waals surface area (Å²) in [6.07, 6.45) is 7.64. The van der Waals surface area contributed by atoms with Gasteiger partial charge in [0, 0.05) is 36.3 Å². The highest BCUT2D eigenvalue weighted by Gasteiger charge is 2.34. The molecule has 2 heterocycles. The van der Waals surface area contributed by atoms with Crippen molar-refractivity contribution in [1.29, 1.82) is 0 Å². The molecule has 0 aliphatic heterocycles. The Morgan fingerprint density at radius 2 is 2.00 bits per heavy atom. The van der Waals surface area contributed by atoms with E-state index in [0.717, 1.165) is 46.4 Å². The third kappa shape index (κ3) is 4.35. The first kappa shape index (κ1) is 19.3. The van der Waals surface area contributed by atoms with Gasteiger partial charge < -0.3 is 11.1 Å². The Morgan fingerprint density at radius 1 is 1.17 bits per heavy atom. The van der Waals surface area contributed by atoms with Crippen molar-refractivity contribution in [2.75, 3.05) is 0 Å². The summed E-state index contributed by atoms with van der Waals surface area (Å²) in [5, 5.41) is 3.23. The van der Waals surface area contributed by atoms with E-state index in [1.165, 1.54) is 0 Å². The summed E-state index contributed by atoms with van der Waals surface area (Å²) in [5.41, 5.74) is 12.6. The number of aryl methyl sites for hydroxylation is 2. The first-order valence-corrected chi connectivity index (χ1v) is 10.0. The topological polar surface area (TPSA) is 80.9 Å². The Balaban J connectivity index is 1.66. The fraction of sp³-hybridized carbons (Fsp3) is 0.292. The van der Waals surface area contributed by atoms with Crippen LogP contribution in [0, 0.1) is 19.8 Å². The van der Waals surface area contributed by atoms with Crippen LogP contribution in [0.3, 0.4) is 0 Å². The fourth-order valence-electron chi connectivity index (χ4n) is 3.68. The van der Waals surface area contributed by atoms with E-state index in [9.17, 15) is 4.79 Å². The fourth-order valence-corrected chi connectivity index (χ4v) is 3.68. The average Bonchev–Trinajstić information content (AvgIpc) is 3.57. The van der Waals surface area contributed by atoms with Crippen molar-refractivity contribution in [3.8, 4) is 11.1 Å². The lowest BCUT2D eigenvalue weighted by Gasteiger charge is -2.19. The lowest BCUT2D eigenvalue weighted by Crippen LogP contribution is -2.30. The van der Waals surface area contributed by atoms with Crippen LogP contribution in [0.1, 0.15) is 51.6 Å². The van der Waals surface area contributed by atoms with E-state index < -0.39 is 0 Å². The van der Waals surface area contributed by atoms with Gasteiger partial charge in [-0.1, -0.05) is 0 Å². The number of rotatable bonds is 6. The molecular weight excluding hydrogens is 360 g/mol. The minimum absolute atomic E-state index is 0.0625. The second kappa shape index (κ2) is 8.13. The SMILES string of the molecule is Cc1ccnc(C(NC(=O)c2cc(CN)cc(-c3cnccc3C)c2)C2CC2)c1. The van der Waals surface area contributed by atoms with Crippen molar-refractivity contribution in [3.63, 3.8) is 0 Å². The molecule has 1 unspecified atom stereocenters. The van der Waals surface area contributed by atoms with Gasteiger partial charge in [-0.25, -0.2) is 0 Å². The monoisotopic (exact) mass is 386 g/mol. The van der Waals surface area contributed by atoms with E-state index in [1.54, 1.807) is 6.20 Å². The molecule has 1 aliphatic rings. The first-order chi connectivity index (χ1) is 14.0. The summed E-state index contributed by atoms with van der Waals surface area (Å²) in [7, 11) is 0. The van der Waals surface area contributed by atoms with Crippen LogP contribution in [0.4, 0.5) is 0 Å². The van der Waals surface area contributed by atoms with Crippen molar-refractivity contribution in [2.24, 2.45) is 11.7 Å². The smallest absolute Gasteiger partial charge is 0.251 e. The Bertz CT molecular complexity index is 1040. The van der Waals surface area contributed by atoms with Crippen LogP contribution in [0.25, 0.3) is 11.1 Å². The zero-order chi connectivity index (χ0) is 20.4. The number of pyridine rings is 2. The molecule has 1 saturated carbocycles. The number of nitrogens with zero attached hydrogens (tertiary/aromatic N) is 2. The molecule has 1 amide bonds. The maximum absolute atomic E-state index is 13.2. The number of hydrogen-bond acceptors (Lipinski definition) is 4. The van der Waals surface area contributed by atoms with Gasteiger partial charge in [-0.05, 0) is 91.3 Å². The molecule has 1 aromatic carbocycles. The molecule has 3 N–H and O–H groups in total. The second-order valence-electron chi connectivity index (χ2n) is 7.86. The molecule has 0 bridgehead atoms. The first-order valence-electron chi connectivity index (χ1n) is 10.0. The molecule has 0 radical (unpaired) electrons. The molecule has 2 aromatic heterocycles. The highest BCUT2D eigenvalue weighted by molar-refractivity contribution is 5.96. The standard InChI is InChI=1S/C24H26N4O/c1-15-5-8-27-22(9-15)23(18-3-4-18)28-24(29)20-11-17(13-25)10-19(12-20)21-14-26-7-6-16(21)2/h5-12,14,18,23H,3-4,13,25H2,1-2H3,(H,28,29). The highest BCUT2D eigenvalue weighted by atomic mass is 16.1. The van der Waals surface area contributed by atoms with Gasteiger partial charge in [0.15, 0.2) is 0 Å². The molecule has 5 heteroatoms. The van der Waals surface area contributed by atoms with Gasteiger partial charge in [0.1, 0.15) is 0 Å². The van der Waals surface area contributed by atoms with Crippen LogP contribution in [0.15, 0.2) is 55.0 Å². The summed E-state index contributed by atoms with van der Waals surface area (Å²) in [6, 6.07) is 11.8. The largest absolute Gasteiger partial charge is 0.343 e. The van der Waals surface area contributed by atoms with Crippen molar-refractivity contribution >= 4 is 5.91 Å². The number of amides is 1. The molecule has 1 fully saturated rings. The van der Waals surface area contributed by atoms with E-state index >= 15 is 0 Å². The number of aromatic nitrogens is 2. The molecule has 1 atom stereocenters. The maximum Gasteiger partial charge on any atom is 0.251 e. The minimum atomic E-state index is -0.0942. The zero-order valence-corrected chi connectivity index (χ0v) is 16.9. The molecule has 1 aliphatic carbocycles. The normalized spacial score (nSPS) is 14.4. The molecule has 29 heavy (non-hydrogen) atoms. The van der Waals surface area contributed by atoms with Gasteiger partial charge in [-0.3, -0.25) is 14.8 Å². The van der Waals surface area contributed by atoms with Crippen LogP contribution in [-0.4, -0.2) is 15.9 Å². The van der Waals surface area contributed by atoms with Gasteiger partial charge >= 0.3 is 0 Å². The number of carbonyl (C=O) groups excluding carboxylic acids is 1. The van der Waals surface area contributed by atoms with Crippen molar-refractivity contribution in [3.05, 3.63) is 82.9 Å². The van der Waals surface area contributed by atoms with Gasteiger partial charge in [-0.15, -0.1) is 0 Å². The predicted octanol–water partition coefficient (Wildman–Crippen LogP) is 4.10. The van der Waals surface area contributed by atoms with Crippen LogP contribution in [0.5, 0.6) is 0 Å². The van der Waals surface area contributed by atoms with Crippen molar-refractivity contribution in [2.45, 2.75) is 39.3 Å². The average molecular weight is 386 g/mol.